The molecule has 0 aromatic heterocycles. The third kappa shape index (κ3) is 2.54. The number of nitrogens with zero attached hydrogens (tertiary/aromatic N) is 1. The molecule has 108 valence electrons. The van der Waals surface area contributed by atoms with Crippen molar-refractivity contribution in [3.05, 3.63) is 35.4 Å². The molecule has 1 aliphatic heterocycles. The summed E-state index contributed by atoms with van der Waals surface area (Å²) in [6.07, 6.45) is 2.11. The van der Waals surface area contributed by atoms with Gasteiger partial charge in [-0.1, -0.05) is 12.1 Å². The lowest BCUT2D eigenvalue weighted by Crippen LogP contribution is -2.57. The van der Waals surface area contributed by atoms with Crippen LogP contribution < -0.4 is 0 Å². The molecule has 1 heterocycles. The van der Waals surface area contributed by atoms with Gasteiger partial charge >= 0.3 is 5.97 Å². The third-order valence-corrected chi connectivity index (χ3v) is 3.98. The Hall–Kier alpha value is -1.88. The molecule has 1 aromatic carbocycles. The Balaban J connectivity index is 2.27. The molecular weight excluding hydrogens is 258 g/mol. The van der Waals surface area contributed by atoms with E-state index in [0.717, 1.165) is 18.4 Å². The maximum Gasteiger partial charge on any atom is 0.329 e. The van der Waals surface area contributed by atoms with E-state index in [0.29, 0.717) is 18.5 Å². The van der Waals surface area contributed by atoms with E-state index in [2.05, 4.69) is 0 Å². The molecule has 1 fully saturated rings. The van der Waals surface area contributed by atoms with Gasteiger partial charge in [0.25, 0.3) is 5.91 Å². The minimum atomic E-state index is -1.13. The maximum absolute atomic E-state index is 12.5. The third-order valence-electron chi connectivity index (χ3n) is 3.98. The predicted octanol–water partition coefficient (Wildman–Crippen LogP) is 1.65. The van der Waals surface area contributed by atoms with Crippen molar-refractivity contribution in [3.63, 3.8) is 0 Å². The van der Waals surface area contributed by atoms with Gasteiger partial charge in [-0.2, -0.15) is 0 Å². The van der Waals surface area contributed by atoms with Crippen molar-refractivity contribution in [1.82, 2.24) is 4.90 Å². The number of carboxylic acids is 1. The van der Waals surface area contributed by atoms with Crippen LogP contribution >= 0.6 is 0 Å². The number of aliphatic hydroxyl groups excluding tert-OH is 1. The van der Waals surface area contributed by atoms with E-state index in [1.807, 2.05) is 0 Å². The van der Waals surface area contributed by atoms with Crippen LogP contribution in [0.1, 0.15) is 42.1 Å². The zero-order valence-corrected chi connectivity index (χ0v) is 11.5. The smallest absolute Gasteiger partial charge is 0.329 e. The fraction of sp³-hybridized carbons (Fsp3) is 0.467. The summed E-state index contributed by atoms with van der Waals surface area (Å²) in [6.45, 7) is 1.99. The highest BCUT2D eigenvalue weighted by molar-refractivity contribution is 5.98. The molecule has 1 amide bonds. The zero-order chi connectivity index (χ0) is 14.8. The van der Waals surface area contributed by atoms with Gasteiger partial charge in [0.1, 0.15) is 5.54 Å². The fourth-order valence-corrected chi connectivity index (χ4v) is 2.58. The molecule has 2 N–H and O–H groups in total. The lowest BCUT2D eigenvalue weighted by atomic mass is 9.88. The number of aliphatic carboxylic acids is 1. The molecule has 0 radical (unpaired) electrons. The molecule has 1 saturated heterocycles. The van der Waals surface area contributed by atoms with Crippen LogP contribution in [0.3, 0.4) is 0 Å². The van der Waals surface area contributed by atoms with Crippen molar-refractivity contribution < 1.29 is 19.8 Å². The quantitative estimate of drug-likeness (QED) is 0.880. The normalized spacial score (nSPS) is 22.6. The van der Waals surface area contributed by atoms with Crippen LogP contribution in [0.15, 0.2) is 24.3 Å². The van der Waals surface area contributed by atoms with Crippen LogP contribution in [0.2, 0.25) is 0 Å². The molecule has 0 aliphatic carbocycles. The lowest BCUT2D eigenvalue weighted by molar-refractivity contribution is -0.150. The summed E-state index contributed by atoms with van der Waals surface area (Å²) in [6, 6.07) is 6.61. The zero-order valence-electron chi connectivity index (χ0n) is 11.5. The van der Waals surface area contributed by atoms with E-state index in [-0.39, 0.29) is 12.5 Å². The van der Waals surface area contributed by atoms with Crippen molar-refractivity contribution in [1.29, 1.82) is 0 Å². The van der Waals surface area contributed by atoms with Crippen LogP contribution in [0.5, 0.6) is 0 Å². The number of likely N-dealkylation sites (tertiary alicyclic amines) is 1. The van der Waals surface area contributed by atoms with Gasteiger partial charge < -0.3 is 15.1 Å². The first-order valence-corrected chi connectivity index (χ1v) is 6.74. The summed E-state index contributed by atoms with van der Waals surface area (Å²) in [4.78, 5) is 25.5. The standard InChI is InChI=1S/C15H19NO4/c1-15(14(19)20)8-2-3-9-16(15)13(18)12-6-4-11(10-17)5-7-12/h4-7,17H,2-3,8-10H2,1H3,(H,19,20). The predicted molar refractivity (Wildman–Crippen MR) is 73.3 cm³/mol. The van der Waals surface area contributed by atoms with E-state index in [1.54, 1.807) is 31.2 Å². The molecule has 1 aliphatic rings. The van der Waals surface area contributed by atoms with Crippen molar-refractivity contribution in [2.75, 3.05) is 6.54 Å². The highest BCUT2D eigenvalue weighted by Gasteiger charge is 2.44. The number of carboxylic acid groups (broad SMARTS) is 1. The molecule has 1 unspecified atom stereocenters. The van der Waals surface area contributed by atoms with Gasteiger partial charge in [0.2, 0.25) is 0 Å². The molecule has 1 aromatic rings. The van der Waals surface area contributed by atoms with Crippen LogP contribution in [-0.2, 0) is 11.4 Å². The summed E-state index contributed by atoms with van der Waals surface area (Å²) >= 11 is 0. The fourth-order valence-electron chi connectivity index (χ4n) is 2.58. The molecular formula is C15H19NO4. The van der Waals surface area contributed by atoms with E-state index >= 15 is 0 Å². The largest absolute Gasteiger partial charge is 0.480 e. The van der Waals surface area contributed by atoms with Crippen LogP contribution in [0.4, 0.5) is 0 Å². The Kier molecular flexibility index (Phi) is 4.09. The summed E-state index contributed by atoms with van der Waals surface area (Å²) in [7, 11) is 0. The number of carbonyl (C=O) groups is 2. The van der Waals surface area contributed by atoms with Crippen molar-refractivity contribution in [2.24, 2.45) is 0 Å². The van der Waals surface area contributed by atoms with Crippen LogP contribution in [-0.4, -0.2) is 39.1 Å². The molecule has 5 heteroatoms. The summed E-state index contributed by atoms with van der Waals surface area (Å²) in [5.74, 6) is -1.23. The molecule has 20 heavy (non-hydrogen) atoms. The molecule has 0 saturated carbocycles. The van der Waals surface area contributed by atoms with Crippen LogP contribution in [0.25, 0.3) is 0 Å². The second-order valence-electron chi connectivity index (χ2n) is 5.35. The Morgan fingerprint density at radius 3 is 2.45 bits per heavy atom. The van der Waals surface area contributed by atoms with Crippen molar-refractivity contribution >= 4 is 11.9 Å². The van der Waals surface area contributed by atoms with E-state index < -0.39 is 11.5 Å². The Morgan fingerprint density at radius 2 is 1.90 bits per heavy atom. The van der Waals surface area contributed by atoms with Crippen molar-refractivity contribution in [3.8, 4) is 0 Å². The topological polar surface area (TPSA) is 77.8 Å². The first-order valence-electron chi connectivity index (χ1n) is 6.74. The molecule has 5 nitrogen and oxygen atoms in total. The number of rotatable bonds is 3. The second kappa shape index (κ2) is 5.63. The summed E-state index contributed by atoms with van der Waals surface area (Å²) in [5.41, 5.74) is 0.0445. The molecule has 0 spiro atoms. The molecule has 0 bridgehead atoms. The minimum absolute atomic E-state index is 0.0783. The Morgan fingerprint density at radius 1 is 1.25 bits per heavy atom. The summed E-state index contributed by atoms with van der Waals surface area (Å²) in [5, 5.41) is 18.4. The number of amides is 1. The van der Waals surface area contributed by atoms with E-state index in [4.69, 9.17) is 5.11 Å². The first kappa shape index (κ1) is 14.5. The number of piperidine rings is 1. The highest BCUT2D eigenvalue weighted by Crippen LogP contribution is 2.29. The maximum atomic E-state index is 12.5. The van der Waals surface area contributed by atoms with Gasteiger partial charge in [0.15, 0.2) is 0 Å². The lowest BCUT2D eigenvalue weighted by Gasteiger charge is -2.41. The average Bonchev–Trinajstić information content (AvgIpc) is 2.47. The molecule has 1 atom stereocenters. The monoisotopic (exact) mass is 277 g/mol. The Bertz CT molecular complexity index is 511. The summed E-state index contributed by atoms with van der Waals surface area (Å²) < 4.78 is 0. The highest BCUT2D eigenvalue weighted by atomic mass is 16.4. The average molecular weight is 277 g/mol. The number of benzene rings is 1. The van der Waals surface area contributed by atoms with Gasteiger partial charge in [0.05, 0.1) is 6.61 Å². The number of hydrogen-bond acceptors (Lipinski definition) is 3. The number of hydrogen-bond donors (Lipinski definition) is 2. The number of carbonyl (C=O) groups excluding carboxylic acids is 1. The van der Waals surface area contributed by atoms with Gasteiger partial charge in [-0.3, -0.25) is 4.79 Å². The molecule has 2 rings (SSSR count). The second-order valence-corrected chi connectivity index (χ2v) is 5.35. The van der Waals surface area contributed by atoms with Crippen LogP contribution in [0, 0.1) is 0 Å². The van der Waals surface area contributed by atoms with Gasteiger partial charge in [0, 0.05) is 12.1 Å². The van der Waals surface area contributed by atoms with E-state index in [1.165, 1.54) is 4.90 Å². The van der Waals surface area contributed by atoms with Crippen molar-refractivity contribution in [2.45, 2.75) is 38.3 Å². The first-order chi connectivity index (χ1) is 9.49. The number of aliphatic hydroxyl groups is 1. The van der Waals surface area contributed by atoms with E-state index in [9.17, 15) is 14.7 Å². The Labute approximate surface area is 117 Å². The van der Waals surface area contributed by atoms with Gasteiger partial charge in [-0.15, -0.1) is 0 Å². The van der Waals surface area contributed by atoms with Gasteiger partial charge in [-0.05, 0) is 43.9 Å². The SMILES string of the molecule is CC1(C(=O)O)CCCCN1C(=O)c1ccc(CO)cc1. The minimum Gasteiger partial charge on any atom is -0.480 e. The van der Waals surface area contributed by atoms with Gasteiger partial charge in [-0.25, -0.2) is 4.79 Å².